The number of carbonyl (C=O) groups excluding carboxylic acids is 1. The molecule has 188 valence electrons. The molecule has 0 aliphatic heterocycles. The molecule has 0 fully saturated rings. The quantitative estimate of drug-likeness (QED) is 0.330. The molecule has 1 heterocycles. The number of methoxy groups -OCH3 is 1. The molecule has 36 heavy (non-hydrogen) atoms. The third-order valence-electron chi connectivity index (χ3n) is 6.23. The van der Waals surface area contributed by atoms with Gasteiger partial charge in [0.25, 0.3) is 0 Å². The van der Waals surface area contributed by atoms with E-state index >= 15 is 0 Å². The van der Waals surface area contributed by atoms with Crippen LogP contribution in [0.5, 0.6) is 11.5 Å². The van der Waals surface area contributed by atoms with Gasteiger partial charge in [-0.15, -0.1) is 0 Å². The fourth-order valence-corrected chi connectivity index (χ4v) is 4.18. The number of fused-ring (bicyclic) bond motifs is 1. The van der Waals surface area contributed by atoms with E-state index in [1.54, 1.807) is 7.11 Å². The number of benzene rings is 3. The first kappa shape index (κ1) is 25.3. The van der Waals surface area contributed by atoms with Crippen LogP contribution in [-0.2, 0) is 29.6 Å². The molecule has 0 spiro atoms. The van der Waals surface area contributed by atoms with Crippen molar-refractivity contribution in [2.75, 3.05) is 20.3 Å². The number of imidazole rings is 1. The number of ether oxygens (including phenoxy) is 2. The molecule has 1 aromatic heterocycles. The average molecular weight is 486 g/mol. The van der Waals surface area contributed by atoms with E-state index in [0.717, 1.165) is 33.9 Å². The predicted molar refractivity (Wildman–Crippen MR) is 144 cm³/mol. The first-order valence-electron chi connectivity index (χ1n) is 12.4. The smallest absolute Gasteiger partial charge is 0.224 e. The Balaban J connectivity index is 1.35. The van der Waals surface area contributed by atoms with Gasteiger partial charge in [-0.25, -0.2) is 4.98 Å². The molecule has 6 heteroatoms. The zero-order valence-corrected chi connectivity index (χ0v) is 21.6. The maximum Gasteiger partial charge on any atom is 0.224 e. The molecule has 0 aliphatic rings. The minimum atomic E-state index is -0.00938. The number of carbonyl (C=O) groups is 1. The first-order chi connectivity index (χ1) is 17.3. The van der Waals surface area contributed by atoms with Crippen LogP contribution in [0, 0.1) is 0 Å². The van der Waals surface area contributed by atoms with Crippen molar-refractivity contribution >= 4 is 16.9 Å². The van der Waals surface area contributed by atoms with Gasteiger partial charge in [-0.2, -0.15) is 0 Å². The van der Waals surface area contributed by atoms with Crippen LogP contribution < -0.4 is 14.8 Å². The first-order valence-corrected chi connectivity index (χ1v) is 12.4. The Hall–Kier alpha value is -3.80. The Morgan fingerprint density at radius 2 is 1.64 bits per heavy atom. The normalized spacial score (nSPS) is 11.4. The van der Waals surface area contributed by atoms with Crippen LogP contribution >= 0.6 is 0 Å². The lowest BCUT2D eigenvalue weighted by Crippen LogP contribution is -2.28. The standard InChI is InChI=1S/C30H35N3O3/c1-30(2,3)23-11-15-25(16-12-23)36-20-19-33-27-8-6-5-7-26(27)32-28(33)17-18-31-29(34)21-22-9-13-24(35-4)14-10-22/h5-16H,17-21H2,1-4H3,(H,31,34). The lowest BCUT2D eigenvalue weighted by Gasteiger charge is -2.19. The molecule has 4 aromatic rings. The summed E-state index contributed by atoms with van der Waals surface area (Å²) in [5, 5.41) is 3.02. The van der Waals surface area contributed by atoms with Crippen molar-refractivity contribution in [1.82, 2.24) is 14.9 Å². The maximum atomic E-state index is 12.4. The molecule has 3 aromatic carbocycles. The van der Waals surface area contributed by atoms with Crippen LogP contribution in [0.1, 0.15) is 37.7 Å². The Morgan fingerprint density at radius 1 is 0.944 bits per heavy atom. The van der Waals surface area contributed by atoms with Crippen molar-refractivity contribution in [3.63, 3.8) is 0 Å². The van der Waals surface area contributed by atoms with E-state index in [4.69, 9.17) is 14.5 Å². The zero-order chi connectivity index (χ0) is 25.5. The summed E-state index contributed by atoms with van der Waals surface area (Å²) in [6.45, 7) is 8.35. The molecule has 1 N–H and O–H groups in total. The topological polar surface area (TPSA) is 65.4 Å². The fraction of sp³-hybridized carbons (Fsp3) is 0.333. The number of rotatable bonds is 10. The third-order valence-corrected chi connectivity index (χ3v) is 6.23. The molecule has 0 saturated carbocycles. The Bertz CT molecular complexity index is 1290. The molecule has 1 amide bonds. The van der Waals surface area contributed by atoms with E-state index < -0.39 is 0 Å². The van der Waals surface area contributed by atoms with Gasteiger partial charge in [0.2, 0.25) is 5.91 Å². The summed E-state index contributed by atoms with van der Waals surface area (Å²) >= 11 is 0. The number of nitrogens with zero attached hydrogens (tertiary/aromatic N) is 2. The summed E-state index contributed by atoms with van der Waals surface area (Å²) in [5.41, 5.74) is 4.38. The summed E-state index contributed by atoms with van der Waals surface area (Å²) in [4.78, 5) is 17.3. The van der Waals surface area contributed by atoms with E-state index in [2.05, 4.69) is 48.9 Å². The van der Waals surface area contributed by atoms with Crippen LogP contribution in [0.3, 0.4) is 0 Å². The van der Waals surface area contributed by atoms with Crippen molar-refractivity contribution in [3.05, 3.63) is 89.7 Å². The third kappa shape index (κ3) is 6.45. The second-order valence-corrected chi connectivity index (χ2v) is 9.92. The maximum absolute atomic E-state index is 12.4. The van der Waals surface area contributed by atoms with Crippen molar-refractivity contribution in [2.45, 2.75) is 45.6 Å². The summed E-state index contributed by atoms with van der Waals surface area (Å²) < 4.78 is 13.4. The van der Waals surface area contributed by atoms with E-state index in [1.165, 1.54) is 5.56 Å². The van der Waals surface area contributed by atoms with Crippen LogP contribution in [0.25, 0.3) is 11.0 Å². The highest BCUT2D eigenvalue weighted by atomic mass is 16.5. The van der Waals surface area contributed by atoms with E-state index in [0.29, 0.717) is 32.5 Å². The average Bonchev–Trinajstić information content (AvgIpc) is 3.21. The molecule has 0 atom stereocenters. The highest BCUT2D eigenvalue weighted by molar-refractivity contribution is 5.78. The number of amides is 1. The monoisotopic (exact) mass is 485 g/mol. The van der Waals surface area contributed by atoms with Gasteiger partial charge in [-0.1, -0.05) is 57.2 Å². The number of nitrogens with one attached hydrogen (secondary N) is 1. The van der Waals surface area contributed by atoms with Gasteiger partial charge in [0.1, 0.15) is 23.9 Å². The number of hydrogen-bond donors (Lipinski definition) is 1. The van der Waals surface area contributed by atoms with Crippen LogP contribution in [0.4, 0.5) is 0 Å². The lowest BCUT2D eigenvalue weighted by molar-refractivity contribution is -0.120. The molecule has 6 nitrogen and oxygen atoms in total. The summed E-state index contributed by atoms with van der Waals surface area (Å²) in [6.07, 6.45) is 0.978. The SMILES string of the molecule is COc1ccc(CC(=O)NCCc2nc3ccccc3n2CCOc2ccc(C(C)(C)C)cc2)cc1. The highest BCUT2D eigenvalue weighted by Crippen LogP contribution is 2.24. The van der Waals surface area contributed by atoms with Crippen LogP contribution in [0.2, 0.25) is 0 Å². The highest BCUT2D eigenvalue weighted by Gasteiger charge is 2.14. The molecular weight excluding hydrogens is 450 g/mol. The van der Waals surface area contributed by atoms with E-state index in [-0.39, 0.29) is 11.3 Å². The summed E-state index contributed by atoms with van der Waals surface area (Å²) in [6, 6.07) is 24.0. The van der Waals surface area contributed by atoms with Crippen molar-refractivity contribution in [3.8, 4) is 11.5 Å². The van der Waals surface area contributed by atoms with Gasteiger partial charge >= 0.3 is 0 Å². The largest absolute Gasteiger partial charge is 0.497 e. The Morgan fingerprint density at radius 3 is 2.33 bits per heavy atom. The van der Waals surface area contributed by atoms with Gasteiger partial charge in [0, 0.05) is 13.0 Å². The molecule has 0 saturated heterocycles. The van der Waals surface area contributed by atoms with E-state index in [9.17, 15) is 4.79 Å². The van der Waals surface area contributed by atoms with Gasteiger partial charge < -0.3 is 19.4 Å². The number of aromatic nitrogens is 2. The van der Waals surface area contributed by atoms with Gasteiger partial charge in [-0.3, -0.25) is 4.79 Å². The molecule has 0 radical (unpaired) electrons. The zero-order valence-electron chi connectivity index (χ0n) is 21.6. The van der Waals surface area contributed by atoms with Crippen molar-refractivity contribution < 1.29 is 14.3 Å². The minimum absolute atomic E-state index is 0.00938. The van der Waals surface area contributed by atoms with Crippen molar-refractivity contribution in [2.24, 2.45) is 0 Å². The Kier molecular flexibility index (Phi) is 7.93. The predicted octanol–water partition coefficient (Wildman–Crippen LogP) is 5.32. The lowest BCUT2D eigenvalue weighted by atomic mass is 9.87. The fourth-order valence-electron chi connectivity index (χ4n) is 4.18. The van der Waals surface area contributed by atoms with Gasteiger partial charge in [0.15, 0.2) is 0 Å². The summed E-state index contributed by atoms with van der Waals surface area (Å²) in [5.74, 6) is 2.57. The van der Waals surface area contributed by atoms with Crippen LogP contribution in [-0.4, -0.2) is 35.7 Å². The number of hydrogen-bond acceptors (Lipinski definition) is 4. The molecule has 0 bridgehead atoms. The molecule has 0 aliphatic carbocycles. The van der Waals surface area contributed by atoms with Gasteiger partial charge in [0.05, 0.1) is 31.1 Å². The second kappa shape index (κ2) is 11.3. The van der Waals surface area contributed by atoms with Crippen molar-refractivity contribution in [1.29, 1.82) is 0 Å². The summed E-state index contributed by atoms with van der Waals surface area (Å²) in [7, 11) is 1.63. The molecule has 4 rings (SSSR count). The van der Waals surface area contributed by atoms with Gasteiger partial charge in [-0.05, 0) is 52.9 Å². The molecule has 0 unspecified atom stereocenters. The van der Waals surface area contributed by atoms with Crippen LogP contribution in [0.15, 0.2) is 72.8 Å². The minimum Gasteiger partial charge on any atom is -0.497 e. The Labute approximate surface area is 213 Å². The number of para-hydroxylation sites is 2. The second-order valence-electron chi connectivity index (χ2n) is 9.92. The van der Waals surface area contributed by atoms with E-state index in [1.807, 2.05) is 54.6 Å². The molecular formula is C30H35N3O3.